The van der Waals surface area contributed by atoms with E-state index in [4.69, 9.17) is 4.74 Å². The first-order chi connectivity index (χ1) is 8.08. The van der Waals surface area contributed by atoms with Gasteiger partial charge in [-0.3, -0.25) is 9.69 Å². The van der Waals surface area contributed by atoms with Gasteiger partial charge in [-0.05, 0) is 39.7 Å². The third-order valence-corrected chi connectivity index (χ3v) is 3.16. The molecule has 0 amide bonds. The van der Waals surface area contributed by atoms with E-state index in [0.29, 0.717) is 12.1 Å². The summed E-state index contributed by atoms with van der Waals surface area (Å²) in [7, 11) is 1.46. The molecule has 1 aliphatic carbocycles. The number of hydrogen-bond donors (Lipinski definition) is 1. The third-order valence-electron chi connectivity index (χ3n) is 3.16. The van der Waals surface area contributed by atoms with Crippen LogP contribution in [0, 0.1) is 0 Å². The molecule has 0 radical (unpaired) electrons. The molecule has 4 nitrogen and oxygen atoms in total. The number of nitrogens with zero attached hydrogens (tertiary/aromatic N) is 1. The summed E-state index contributed by atoms with van der Waals surface area (Å²) in [5.41, 5.74) is 0. The molecule has 1 fully saturated rings. The van der Waals surface area contributed by atoms with E-state index in [9.17, 15) is 4.79 Å². The maximum atomic E-state index is 11.7. The van der Waals surface area contributed by atoms with Crippen LogP contribution >= 0.6 is 0 Å². The summed E-state index contributed by atoms with van der Waals surface area (Å²) in [4.78, 5) is 14.1. The lowest BCUT2D eigenvalue weighted by atomic mass is 10.2. The van der Waals surface area contributed by atoms with Gasteiger partial charge in [-0.1, -0.05) is 6.92 Å². The number of carbonyl (C=O) groups is 1. The molecule has 17 heavy (non-hydrogen) atoms. The van der Waals surface area contributed by atoms with Crippen LogP contribution < -0.4 is 5.32 Å². The van der Waals surface area contributed by atoms with E-state index >= 15 is 0 Å². The fourth-order valence-electron chi connectivity index (χ4n) is 1.95. The molecule has 0 saturated heterocycles. The van der Waals surface area contributed by atoms with Crippen LogP contribution in [0.4, 0.5) is 0 Å². The van der Waals surface area contributed by atoms with Gasteiger partial charge in [0.2, 0.25) is 0 Å². The molecule has 1 unspecified atom stereocenters. The molecule has 0 heterocycles. The number of methoxy groups -OCH3 is 1. The average Bonchev–Trinajstić information content (AvgIpc) is 3.09. The monoisotopic (exact) mass is 242 g/mol. The number of carbonyl (C=O) groups excluding carboxylic acids is 1. The first kappa shape index (κ1) is 14.5. The Morgan fingerprint density at radius 2 is 2.12 bits per heavy atom. The van der Waals surface area contributed by atoms with E-state index in [1.165, 1.54) is 20.0 Å². The lowest BCUT2D eigenvalue weighted by Crippen LogP contribution is -2.49. The van der Waals surface area contributed by atoms with Gasteiger partial charge < -0.3 is 10.1 Å². The summed E-state index contributed by atoms with van der Waals surface area (Å²) < 4.78 is 4.87. The number of esters is 1. The molecular formula is C13H26N2O2. The van der Waals surface area contributed by atoms with Gasteiger partial charge in [0.05, 0.1) is 7.11 Å². The van der Waals surface area contributed by atoms with E-state index in [0.717, 1.165) is 19.5 Å². The molecule has 4 heteroatoms. The fraction of sp³-hybridized carbons (Fsp3) is 0.923. The second kappa shape index (κ2) is 6.97. The van der Waals surface area contributed by atoms with Gasteiger partial charge in [0.1, 0.15) is 6.04 Å². The maximum Gasteiger partial charge on any atom is 0.324 e. The van der Waals surface area contributed by atoms with Crippen molar-refractivity contribution < 1.29 is 9.53 Å². The van der Waals surface area contributed by atoms with Gasteiger partial charge in [0.15, 0.2) is 0 Å². The Bertz CT molecular complexity index is 240. The molecule has 0 aromatic rings. The average molecular weight is 242 g/mol. The normalized spacial score (nSPS) is 17.5. The fourth-order valence-corrected chi connectivity index (χ4v) is 1.95. The summed E-state index contributed by atoms with van der Waals surface area (Å²) >= 11 is 0. The molecule has 1 saturated carbocycles. The Hall–Kier alpha value is -0.610. The SMILES string of the molecule is CCCN(CC(NC1CC1)C(=O)OC)C(C)C. The van der Waals surface area contributed by atoms with Crippen LogP contribution in [-0.4, -0.2) is 49.2 Å². The van der Waals surface area contributed by atoms with Gasteiger partial charge in [-0.25, -0.2) is 0 Å². The third kappa shape index (κ3) is 5.04. The summed E-state index contributed by atoms with van der Waals surface area (Å²) in [6, 6.07) is 0.805. The minimum atomic E-state index is -0.179. The van der Waals surface area contributed by atoms with Gasteiger partial charge >= 0.3 is 5.97 Å². The topological polar surface area (TPSA) is 41.6 Å². The zero-order valence-corrected chi connectivity index (χ0v) is 11.5. The number of ether oxygens (including phenoxy) is 1. The van der Waals surface area contributed by atoms with Crippen molar-refractivity contribution in [1.29, 1.82) is 0 Å². The molecule has 0 bridgehead atoms. The molecule has 0 aliphatic heterocycles. The maximum absolute atomic E-state index is 11.7. The van der Waals surface area contributed by atoms with Crippen molar-refractivity contribution in [3.8, 4) is 0 Å². The van der Waals surface area contributed by atoms with Crippen molar-refractivity contribution in [1.82, 2.24) is 10.2 Å². The van der Waals surface area contributed by atoms with E-state index in [1.807, 2.05) is 0 Å². The first-order valence-electron chi connectivity index (χ1n) is 6.66. The highest BCUT2D eigenvalue weighted by Crippen LogP contribution is 2.20. The lowest BCUT2D eigenvalue weighted by molar-refractivity contribution is -0.143. The van der Waals surface area contributed by atoms with E-state index in [-0.39, 0.29) is 12.0 Å². The Kier molecular flexibility index (Phi) is 5.92. The minimum absolute atomic E-state index is 0.140. The van der Waals surface area contributed by atoms with Gasteiger partial charge in [0.25, 0.3) is 0 Å². The highest BCUT2D eigenvalue weighted by molar-refractivity contribution is 5.76. The zero-order chi connectivity index (χ0) is 12.8. The molecule has 1 rings (SSSR count). The molecule has 100 valence electrons. The number of nitrogens with one attached hydrogen (secondary N) is 1. The van der Waals surface area contributed by atoms with Gasteiger partial charge in [-0.2, -0.15) is 0 Å². The quantitative estimate of drug-likeness (QED) is 0.653. The molecule has 1 N–H and O–H groups in total. The van der Waals surface area contributed by atoms with Crippen LogP contribution in [0.3, 0.4) is 0 Å². The Balaban J connectivity index is 2.51. The molecule has 1 atom stereocenters. The summed E-state index contributed by atoms with van der Waals surface area (Å²) in [5.74, 6) is -0.140. The van der Waals surface area contributed by atoms with Crippen molar-refractivity contribution >= 4 is 5.97 Å². The van der Waals surface area contributed by atoms with Crippen LogP contribution in [0.15, 0.2) is 0 Å². The van der Waals surface area contributed by atoms with E-state index in [2.05, 4.69) is 31.0 Å². The summed E-state index contributed by atoms with van der Waals surface area (Å²) in [5, 5.41) is 3.37. The van der Waals surface area contributed by atoms with Crippen molar-refractivity contribution in [3.05, 3.63) is 0 Å². The van der Waals surface area contributed by atoms with Crippen LogP contribution in [0.2, 0.25) is 0 Å². The lowest BCUT2D eigenvalue weighted by Gasteiger charge is -2.29. The Morgan fingerprint density at radius 3 is 2.53 bits per heavy atom. The van der Waals surface area contributed by atoms with Gasteiger partial charge in [-0.15, -0.1) is 0 Å². The zero-order valence-electron chi connectivity index (χ0n) is 11.5. The van der Waals surface area contributed by atoms with Crippen molar-refractivity contribution in [3.63, 3.8) is 0 Å². The highest BCUT2D eigenvalue weighted by Gasteiger charge is 2.30. The molecule has 1 aliphatic rings. The minimum Gasteiger partial charge on any atom is -0.468 e. The predicted molar refractivity (Wildman–Crippen MR) is 69.0 cm³/mol. The van der Waals surface area contributed by atoms with Crippen LogP contribution in [-0.2, 0) is 9.53 Å². The summed E-state index contributed by atoms with van der Waals surface area (Å²) in [6.45, 7) is 8.27. The first-order valence-corrected chi connectivity index (χ1v) is 6.66. The Morgan fingerprint density at radius 1 is 1.47 bits per heavy atom. The summed E-state index contributed by atoms with van der Waals surface area (Å²) in [6.07, 6.45) is 3.47. The smallest absolute Gasteiger partial charge is 0.324 e. The standard InChI is InChI=1S/C13H26N2O2/c1-5-8-15(10(2)3)9-12(13(16)17-4)14-11-6-7-11/h10-12,14H,5-9H2,1-4H3. The number of rotatable bonds is 8. The van der Waals surface area contributed by atoms with Crippen LogP contribution in [0.25, 0.3) is 0 Å². The van der Waals surface area contributed by atoms with Crippen LogP contribution in [0.5, 0.6) is 0 Å². The molecular weight excluding hydrogens is 216 g/mol. The van der Waals surface area contributed by atoms with Crippen LogP contribution in [0.1, 0.15) is 40.0 Å². The predicted octanol–water partition coefficient (Wildman–Crippen LogP) is 1.40. The molecule has 0 aromatic heterocycles. The molecule has 0 spiro atoms. The highest BCUT2D eigenvalue weighted by atomic mass is 16.5. The second-order valence-corrected chi connectivity index (χ2v) is 5.11. The van der Waals surface area contributed by atoms with Crippen molar-refractivity contribution in [2.24, 2.45) is 0 Å². The largest absolute Gasteiger partial charge is 0.468 e. The number of hydrogen-bond acceptors (Lipinski definition) is 4. The Labute approximate surface area is 105 Å². The second-order valence-electron chi connectivity index (χ2n) is 5.11. The molecule has 0 aromatic carbocycles. The van der Waals surface area contributed by atoms with E-state index in [1.54, 1.807) is 0 Å². The van der Waals surface area contributed by atoms with Crippen molar-refractivity contribution in [2.75, 3.05) is 20.2 Å². The van der Waals surface area contributed by atoms with Gasteiger partial charge in [0, 0.05) is 18.6 Å². The van der Waals surface area contributed by atoms with Crippen molar-refractivity contribution in [2.45, 2.75) is 58.2 Å². The van der Waals surface area contributed by atoms with E-state index < -0.39 is 0 Å².